The van der Waals surface area contributed by atoms with Crippen LogP contribution in [0, 0.1) is 13.8 Å². The molecule has 0 N–H and O–H groups in total. The first kappa shape index (κ1) is 19.5. The van der Waals surface area contributed by atoms with Crippen LogP contribution >= 0.6 is 0 Å². The molecule has 0 aliphatic rings. The summed E-state index contributed by atoms with van der Waals surface area (Å²) in [5.74, 6) is -0.773. The molecule has 2 aromatic heterocycles. The highest BCUT2D eigenvalue weighted by Gasteiger charge is 2.25. The van der Waals surface area contributed by atoms with Crippen molar-refractivity contribution in [1.29, 1.82) is 0 Å². The number of rotatable bonds is 8. The first-order valence-corrected chi connectivity index (χ1v) is 9.14. The van der Waals surface area contributed by atoms with Crippen molar-refractivity contribution in [3.63, 3.8) is 0 Å². The van der Waals surface area contributed by atoms with Crippen LogP contribution in [0.15, 0.2) is 42.7 Å². The second-order valence-electron chi connectivity index (χ2n) is 6.56. The molecule has 8 heteroatoms. The van der Waals surface area contributed by atoms with Gasteiger partial charge in [0.15, 0.2) is 12.6 Å². The van der Waals surface area contributed by atoms with E-state index in [1.807, 2.05) is 61.7 Å². The molecule has 146 valence electrons. The molecule has 0 radical (unpaired) electrons. The lowest BCUT2D eigenvalue weighted by Gasteiger charge is -2.15. The van der Waals surface area contributed by atoms with Gasteiger partial charge in [0.2, 0.25) is 5.78 Å². The van der Waals surface area contributed by atoms with Crippen LogP contribution in [0.3, 0.4) is 0 Å². The molecule has 0 spiro atoms. The van der Waals surface area contributed by atoms with E-state index in [0.717, 1.165) is 23.5 Å². The number of nitrogens with zero attached hydrogens (tertiary/aromatic N) is 5. The molecule has 0 saturated heterocycles. The molecule has 0 aliphatic carbocycles. The van der Waals surface area contributed by atoms with Crippen LogP contribution in [0.2, 0.25) is 0 Å². The molecule has 2 heterocycles. The van der Waals surface area contributed by atoms with Crippen LogP contribution < -0.4 is 0 Å². The summed E-state index contributed by atoms with van der Waals surface area (Å²) in [6.07, 6.45) is 1.73. The topological polar surface area (TPSA) is 91.9 Å². The summed E-state index contributed by atoms with van der Waals surface area (Å²) in [6.45, 7) is 6.33. The maximum atomic E-state index is 12.7. The van der Waals surface area contributed by atoms with Gasteiger partial charge < -0.3 is 9.30 Å². The number of hydrogen-bond donors (Lipinski definition) is 0. The van der Waals surface area contributed by atoms with Gasteiger partial charge in [0.05, 0.1) is 0 Å². The third kappa shape index (κ3) is 4.16. The van der Waals surface area contributed by atoms with E-state index in [1.165, 1.54) is 11.0 Å². The average molecular weight is 381 g/mol. The fraction of sp³-hybridized carbons (Fsp3) is 0.350. The smallest absolute Gasteiger partial charge is 0.331 e. The molecule has 0 fully saturated rings. The Morgan fingerprint density at radius 2 is 1.93 bits per heavy atom. The van der Waals surface area contributed by atoms with E-state index in [4.69, 9.17) is 4.74 Å². The van der Waals surface area contributed by atoms with Crippen molar-refractivity contribution >= 4 is 11.8 Å². The molecule has 1 atom stereocenters. The Bertz CT molecular complexity index is 948. The summed E-state index contributed by atoms with van der Waals surface area (Å²) < 4.78 is 8.74. The van der Waals surface area contributed by atoms with Crippen molar-refractivity contribution < 1.29 is 14.3 Å². The fourth-order valence-electron chi connectivity index (χ4n) is 3.31. The zero-order chi connectivity index (χ0) is 20.1. The minimum Gasteiger partial charge on any atom is -0.456 e. The highest BCUT2D eigenvalue weighted by molar-refractivity contribution is 5.99. The predicted molar refractivity (Wildman–Crippen MR) is 102 cm³/mol. The third-order valence-corrected chi connectivity index (χ3v) is 4.76. The van der Waals surface area contributed by atoms with Gasteiger partial charge in [0, 0.05) is 29.9 Å². The molecule has 3 rings (SSSR count). The van der Waals surface area contributed by atoms with Crippen LogP contribution in [0.1, 0.15) is 40.3 Å². The number of benzene rings is 1. The Balaban J connectivity index is 1.71. The van der Waals surface area contributed by atoms with Crippen molar-refractivity contribution in [3.8, 4) is 0 Å². The molecule has 3 aromatic rings. The highest BCUT2D eigenvalue weighted by Crippen LogP contribution is 2.18. The first-order valence-electron chi connectivity index (χ1n) is 9.14. The lowest BCUT2D eigenvalue weighted by molar-refractivity contribution is -0.146. The molecule has 0 aliphatic heterocycles. The van der Waals surface area contributed by atoms with Gasteiger partial charge in [-0.3, -0.25) is 4.79 Å². The number of ether oxygens (including phenoxy) is 1. The van der Waals surface area contributed by atoms with Gasteiger partial charge in [-0.15, -0.1) is 5.10 Å². The number of esters is 1. The number of carbonyl (C=O) groups is 2. The van der Waals surface area contributed by atoms with Crippen LogP contribution in [-0.2, 0) is 22.5 Å². The molecular formula is C20H23N5O3. The Kier molecular flexibility index (Phi) is 5.98. The maximum Gasteiger partial charge on any atom is 0.331 e. The molecule has 0 unspecified atom stereocenters. The minimum atomic E-state index is -0.742. The van der Waals surface area contributed by atoms with E-state index in [9.17, 15) is 9.59 Å². The fourth-order valence-corrected chi connectivity index (χ4v) is 3.31. The summed E-state index contributed by atoms with van der Waals surface area (Å²) in [5.41, 5.74) is 3.40. The van der Waals surface area contributed by atoms with E-state index in [1.54, 1.807) is 0 Å². The Morgan fingerprint density at radius 1 is 1.18 bits per heavy atom. The minimum absolute atomic E-state index is 0.226. The zero-order valence-electron chi connectivity index (χ0n) is 16.2. The van der Waals surface area contributed by atoms with Crippen molar-refractivity contribution in [1.82, 2.24) is 24.8 Å². The van der Waals surface area contributed by atoms with Gasteiger partial charge in [-0.05, 0) is 42.8 Å². The molecule has 28 heavy (non-hydrogen) atoms. The molecule has 0 amide bonds. The van der Waals surface area contributed by atoms with E-state index in [-0.39, 0.29) is 12.4 Å². The second kappa shape index (κ2) is 8.60. The standard InChI is InChI=1S/C20H23N5O3/c1-4-24-14(2)10-17(15(24)3)19(26)12-28-20(27)18(25-13-21-22-23-25)11-16-8-6-5-7-9-16/h5-10,13,18H,4,11-12H2,1-3H3/t18-/m0/s1. The second-order valence-corrected chi connectivity index (χ2v) is 6.56. The van der Waals surface area contributed by atoms with Gasteiger partial charge in [0.25, 0.3) is 0 Å². The molecular weight excluding hydrogens is 358 g/mol. The first-order chi connectivity index (χ1) is 13.5. The number of Topliss-reactive ketones (excluding diaryl/α,β-unsaturated/α-hetero) is 1. The van der Waals surface area contributed by atoms with Gasteiger partial charge in [-0.25, -0.2) is 9.48 Å². The van der Waals surface area contributed by atoms with Crippen LogP contribution in [0.25, 0.3) is 0 Å². The summed E-state index contributed by atoms with van der Waals surface area (Å²) in [4.78, 5) is 25.3. The number of hydrogen-bond acceptors (Lipinski definition) is 6. The zero-order valence-corrected chi connectivity index (χ0v) is 16.2. The number of tetrazole rings is 1. The lowest BCUT2D eigenvalue weighted by Crippen LogP contribution is -2.27. The van der Waals surface area contributed by atoms with Gasteiger partial charge in [0.1, 0.15) is 6.33 Å². The van der Waals surface area contributed by atoms with Gasteiger partial charge in [-0.2, -0.15) is 0 Å². The van der Waals surface area contributed by atoms with Crippen LogP contribution in [0.5, 0.6) is 0 Å². The van der Waals surface area contributed by atoms with Crippen molar-refractivity contribution in [2.75, 3.05) is 6.61 Å². The molecule has 0 saturated carbocycles. The van der Waals surface area contributed by atoms with E-state index >= 15 is 0 Å². The van der Waals surface area contributed by atoms with Crippen LogP contribution in [0.4, 0.5) is 0 Å². The number of carbonyl (C=O) groups excluding carboxylic acids is 2. The molecule has 1 aromatic carbocycles. The van der Waals surface area contributed by atoms with E-state index in [2.05, 4.69) is 15.5 Å². The van der Waals surface area contributed by atoms with Gasteiger partial charge in [-0.1, -0.05) is 30.3 Å². The van der Waals surface area contributed by atoms with Gasteiger partial charge >= 0.3 is 5.97 Å². The number of ketones is 1. The quantitative estimate of drug-likeness (QED) is 0.439. The third-order valence-electron chi connectivity index (χ3n) is 4.76. The molecule has 0 bridgehead atoms. The van der Waals surface area contributed by atoms with E-state index < -0.39 is 12.0 Å². The van der Waals surface area contributed by atoms with Crippen molar-refractivity contribution in [3.05, 3.63) is 65.2 Å². The van der Waals surface area contributed by atoms with E-state index in [0.29, 0.717) is 12.0 Å². The largest absolute Gasteiger partial charge is 0.456 e. The Morgan fingerprint density at radius 3 is 2.54 bits per heavy atom. The molecule has 8 nitrogen and oxygen atoms in total. The normalized spacial score (nSPS) is 12.0. The van der Waals surface area contributed by atoms with Crippen molar-refractivity contribution in [2.24, 2.45) is 0 Å². The SMILES string of the molecule is CCn1c(C)cc(C(=O)COC(=O)[C@H](Cc2ccccc2)n2cnnn2)c1C. The summed E-state index contributed by atoms with van der Waals surface area (Å²) in [7, 11) is 0. The van der Waals surface area contributed by atoms with Crippen molar-refractivity contribution in [2.45, 2.75) is 39.8 Å². The predicted octanol–water partition coefficient (Wildman–Crippen LogP) is 2.32. The number of aryl methyl sites for hydroxylation is 1. The lowest BCUT2D eigenvalue weighted by atomic mass is 10.1. The summed E-state index contributed by atoms with van der Waals surface area (Å²) in [6, 6.07) is 10.6. The Labute approximate surface area is 163 Å². The monoisotopic (exact) mass is 381 g/mol. The number of aromatic nitrogens is 5. The average Bonchev–Trinajstić information content (AvgIpc) is 3.32. The van der Waals surface area contributed by atoms with Crippen LogP contribution in [-0.4, -0.2) is 43.1 Å². The highest BCUT2D eigenvalue weighted by atomic mass is 16.5. The summed E-state index contributed by atoms with van der Waals surface area (Å²) in [5, 5.41) is 11.0. The summed E-state index contributed by atoms with van der Waals surface area (Å²) >= 11 is 0. The Hall–Kier alpha value is -3.29. The maximum absolute atomic E-state index is 12.7.